The molecule has 0 aliphatic heterocycles. The van der Waals surface area contributed by atoms with Gasteiger partial charge in [0.1, 0.15) is 6.10 Å². The third-order valence-electron chi connectivity index (χ3n) is 2.25. The van der Waals surface area contributed by atoms with Crippen LogP contribution in [0.4, 0.5) is 0 Å². The van der Waals surface area contributed by atoms with Gasteiger partial charge in [0.25, 0.3) is 0 Å². The molecule has 1 N–H and O–H groups in total. The molecule has 82 valence electrons. The van der Waals surface area contributed by atoms with Crippen LogP contribution in [-0.2, 0) is 0 Å². The lowest BCUT2D eigenvalue weighted by atomic mass is 10.0. The van der Waals surface area contributed by atoms with Gasteiger partial charge >= 0.3 is 0 Å². The van der Waals surface area contributed by atoms with Crippen molar-refractivity contribution >= 4 is 38.5 Å². The maximum absolute atomic E-state index is 10.2. The van der Waals surface area contributed by atoms with Crippen molar-refractivity contribution in [2.45, 2.75) is 6.10 Å². The lowest BCUT2D eigenvalue weighted by Crippen LogP contribution is -2.01. The quantitative estimate of drug-likeness (QED) is 0.797. The minimum atomic E-state index is -0.641. The van der Waals surface area contributed by atoms with Gasteiger partial charge in [-0.05, 0) is 46.9 Å². The fraction of sp³-hybridized carbons (Fsp3) is 0.0833. The monoisotopic (exact) mass is 389 g/mol. The Morgan fingerprint density at radius 3 is 2.81 bits per heavy atom. The molecule has 0 saturated heterocycles. The molecular formula is C12H9BrINO. The minimum absolute atomic E-state index is 0.641. The summed E-state index contributed by atoms with van der Waals surface area (Å²) in [6, 6.07) is 9.58. The number of hydrogen-bond acceptors (Lipinski definition) is 2. The molecule has 1 aromatic heterocycles. The number of rotatable bonds is 2. The highest BCUT2D eigenvalue weighted by Crippen LogP contribution is 2.29. The Hall–Kier alpha value is -0.460. The van der Waals surface area contributed by atoms with Crippen LogP contribution < -0.4 is 0 Å². The van der Waals surface area contributed by atoms with Crippen LogP contribution in [0.15, 0.2) is 47.2 Å². The summed E-state index contributed by atoms with van der Waals surface area (Å²) < 4.78 is 2.00. The second-order valence-corrected chi connectivity index (χ2v) is 5.45. The zero-order valence-corrected chi connectivity index (χ0v) is 12.0. The molecule has 2 aromatic rings. The number of nitrogens with zero attached hydrogens (tertiary/aromatic N) is 1. The molecule has 1 atom stereocenters. The summed E-state index contributed by atoms with van der Waals surface area (Å²) in [6.07, 6.45) is 2.73. The number of aliphatic hydroxyl groups excluding tert-OH is 1. The van der Waals surface area contributed by atoms with Gasteiger partial charge in [-0.1, -0.05) is 22.0 Å². The van der Waals surface area contributed by atoms with Crippen LogP contribution in [0.3, 0.4) is 0 Å². The Morgan fingerprint density at radius 2 is 2.12 bits per heavy atom. The first-order valence-corrected chi connectivity index (χ1v) is 6.58. The van der Waals surface area contributed by atoms with Crippen molar-refractivity contribution in [2.24, 2.45) is 0 Å². The predicted molar refractivity (Wildman–Crippen MR) is 75.2 cm³/mol. The van der Waals surface area contributed by atoms with E-state index in [1.165, 1.54) is 0 Å². The first-order chi connectivity index (χ1) is 7.68. The molecule has 2 rings (SSSR count). The zero-order valence-electron chi connectivity index (χ0n) is 8.27. The largest absolute Gasteiger partial charge is 0.384 e. The van der Waals surface area contributed by atoms with E-state index in [1.807, 2.05) is 30.3 Å². The molecule has 0 spiro atoms. The third-order valence-corrected chi connectivity index (χ3v) is 3.65. The van der Waals surface area contributed by atoms with Crippen molar-refractivity contribution in [3.63, 3.8) is 0 Å². The summed E-state index contributed by atoms with van der Waals surface area (Å²) in [4.78, 5) is 4.01. The second kappa shape index (κ2) is 5.25. The number of aromatic nitrogens is 1. The molecule has 0 bridgehead atoms. The van der Waals surface area contributed by atoms with E-state index in [1.54, 1.807) is 12.4 Å². The van der Waals surface area contributed by atoms with E-state index in [0.717, 1.165) is 19.2 Å². The van der Waals surface area contributed by atoms with Crippen LogP contribution in [0.25, 0.3) is 0 Å². The lowest BCUT2D eigenvalue weighted by Gasteiger charge is -2.13. The minimum Gasteiger partial charge on any atom is -0.384 e. The number of hydrogen-bond donors (Lipinski definition) is 1. The van der Waals surface area contributed by atoms with Gasteiger partial charge < -0.3 is 5.11 Å². The van der Waals surface area contributed by atoms with E-state index in [2.05, 4.69) is 43.5 Å². The lowest BCUT2D eigenvalue weighted by molar-refractivity contribution is 0.219. The molecule has 1 heterocycles. The Morgan fingerprint density at radius 1 is 1.31 bits per heavy atom. The van der Waals surface area contributed by atoms with Gasteiger partial charge in [-0.2, -0.15) is 0 Å². The molecule has 0 aliphatic rings. The average Bonchev–Trinajstić information content (AvgIpc) is 2.32. The third kappa shape index (κ3) is 2.61. The molecule has 1 aromatic carbocycles. The van der Waals surface area contributed by atoms with E-state index in [9.17, 15) is 5.11 Å². The number of halogens is 2. The normalized spacial score (nSPS) is 12.4. The summed E-state index contributed by atoms with van der Waals surface area (Å²) in [5, 5.41) is 10.2. The van der Waals surface area contributed by atoms with Gasteiger partial charge in [0.15, 0.2) is 0 Å². The van der Waals surface area contributed by atoms with Crippen LogP contribution in [-0.4, -0.2) is 10.1 Å². The van der Waals surface area contributed by atoms with Gasteiger partial charge in [-0.3, -0.25) is 4.98 Å². The number of aliphatic hydroxyl groups is 1. The Labute approximate surface area is 116 Å². The first-order valence-electron chi connectivity index (χ1n) is 4.71. The molecule has 0 fully saturated rings. The van der Waals surface area contributed by atoms with Crippen molar-refractivity contribution < 1.29 is 5.11 Å². The molecule has 0 radical (unpaired) electrons. The standard InChI is InChI=1S/C12H9BrINO/c13-11-4-3-9(14)6-10(11)12(16)8-2-1-5-15-7-8/h1-7,12,16H. The van der Waals surface area contributed by atoms with Crippen LogP contribution in [0.2, 0.25) is 0 Å². The van der Waals surface area contributed by atoms with Crippen LogP contribution >= 0.6 is 38.5 Å². The van der Waals surface area contributed by atoms with Crippen LogP contribution in [0.5, 0.6) is 0 Å². The number of pyridine rings is 1. The molecule has 16 heavy (non-hydrogen) atoms. The summed E-state index contributed by atoms with van der Waals surface area (Å²) in [6.45, 7) is 0. The Kier molecular flexibility index (Phi) is 3.94. The Balaban J connectivity index is 2.41. The summed E-state index contributed by atoms with van der Waals surface area (Å²) in [7, 11) is 0. The fourth-order valence-corrected chi connectivity index (χ4v) is 2.42. The van der Waals surface area contributed by atoms with Crippen LogP contribution in [0, 0.1) is 3.57 Å². The summed E-state index contributed by atoms with van der Waals surface area (Å²) >= 11 is 5.67. The van der Waals surface area contributed by atoms with E-state index in [-0.39, 0.29) is 0 Å². The molecular weight excluding hydrogens is 381 g/mol. The maximum Gasteiger partial charge on any atom is 0.107 e. The predicted octanol–water partition coefficient (Wildman–Crippen LogP) is 3.53. The highest BCUT2D eigenvalue weighted by Gasteiger charge is 2.13. The van der Waals surface area contributed by atoms with Gasteiger partial charge in [0, 0.05) is 31.6 Å². The summed E-state index contributed by atoms with van der Waals surface area (Å²) in [5.41, 5.74) is 1.66. The first kappa shape index (κ1) is 12.0. The van der Waals surface area contributed by atoms with Crippen molar-refractivity contribution in [1.29, 1.82) is 0 Å². The smallest absolute Gasteiger partial charge is 0.107 e. The van der Waals surface area contributed by atoms with Gasteiger partial charge in [-0.25, -0.2) is 0 Å². The zero-order chi connectivity index (χ0) is 11.5. The van der Waals surface area contributed by atoms with Crippen LogP contribution in [0.1, 0.15) is 17.2 Å². The van der Waals surface area contributed by atoms with Gasteiger partial charge in [-0.15, -0.1) is 0 Å². The van der Waals surface area contributed by atoms with Crippen molar-refractivity contribution in [3.05, 3.63) is 61.9 Å². The molecule has 2 nitrogen and oxygen atoms in total. The van der Waals surface area contributed by atoms with Crippen molar-refractivity contribution in [1.82, 2.24) is 4.98 Å². The van der Waals surface area contributed by atoms with E-state index in [0.29, 0.717) is 0 Å². The molecule has 1 unspecified atom stereocenters. The molecule has 0 saturated carbocycles. The van der Waals surface area contributed by atoms with Crippen molar-refractivity contribution in [3.8, 4) is 0 Å². The summed E-state index contributed by atoms with van der Waals surface area (Å²) in [5.74, 6) is 0. The van der Waals surface area contributed by atoms with E-state index < -0.39 is 6.10 Å². The van der Waals surface area contributed by atoms with Gasteiger partial charge in [0.05, 0.1) is 0 Å². The Bertz CT molecular complexity index is 490. The van der Waals surface area contributed by atoms with Crippen molar-refractivity contribution in [2.75, 3.05) is 0 Å². The second-order valence-electron chi connectivity index (χ2n) is 3.35. The topological polar surface area (TPSA) is 33.1 Å². The maximum atomic E-state index is 10.2. The number of benzene rings is 1. The molecule has 0 aliphatic carbocycles. The molecule has 4 heteroatoms. The highest BCUT2D eigenvalue weighted by molar-refractivity contribution is 14.1. The van der Waals surface area contributed by atoms with E-state index >= 15 is 0 Å². The molecule has 0 amide bonds. The van der Waals surface area contributed by atoms with E-state index in [4.69, 9.17) is 0 Å². The fourth-order valence-electron chi connectivity index (χ4n) is 1.44. The van der Waals surface area contributed by atoms with Gasteiger partial charge in [0.2, 0.25) is 0 Å². The highest BCUT2D eigenvalue weighted by atomic mass is 127. The SMILES string of the molecule is OC(c1cccnc1)c1cc(I)ccc1Br. The average molecular weight is 390 g/mol.